The SMILES string of the molecule is COc1ccc2c(c1)C(=O)C(=O)N2Cc1cc2c(cc1Cl)OCO2. The van der Waals surface area contributed by atoms with E-state index in [0.717, 1.165) is 0 Å². The summed E-state index contributed by atoms with van der Waals surface area (Å²) in [7, 11) is 1.51. The number of ether oxygens (including phenoxy) is 3. The minimum absolute atomic E-state index is 0.138. The van der Waals surface area contributed by atoms with Crippen molar-refractivity contribution >= 4 is 29.0 Å². The Morgan fingerprint density at radius 3 is 2.67 bits per heavy atom. The molecule has 2 aromatic rings. The van der Waals surface area contributed by atoms with Gasteiger partial charge in [-0.05, 0) is 29.8 Å². The Morgan fingerprint density at radius 1 is 1.17 bits per heavy atom. The number of fused-ring (bicyclic) bond motifs is 2. The van der Waals surface area contributed by atoms with Crippen LogP contribution in [-0.4, -0.2) is 25.6 Å². The molecule has 24 heavy (non-hydrogen) atoms. The number of carbonyl (C=O) groups is 2. The zero-order chi connectivity index (χ0) is 16.8. The quantitative estimate of drug-likeness (QED) is 0.800. The molecule has 0 fully saturated rings. The molecule has 2 aliphatic heterocycles. The van der Waals surface area contributed by atoms with E-state index in [1.807, 2.05) is 0 Å². The average molecular weight is 346 g/mol. The van der Waals surface area contributed by atoms with E-state index in [1.165, 1.54) is 12.0 Å². The number of hydrogen-bond acceptors (Lipinski definition) is 5. The molecule has 0 spiro atoms. The molecule has 0 radical (unpaired) electrons. The molecule has 122 valence electrons. The highest BCUT2D eigenvalue weighted by Gasteiger charge is 2.36. The number of halogens is 1. The van der Waals surface area contributed by atoms with Crippen LogP contribution in [0.3, 0.4) is 0 Å². The number of benzene rings is 2. The predicted octanol–water partition coefficient (Wildman–Crippen LogP) is 2.81. The van der Waals surface area contributed by atoms with Crippen LogP contribution < -0.4 is 19.1 Å². The van der Waals surface area contributed by atoms with Crippen LogP contribution in [0.4, 0.5) is 5.69 Å². The van der Waals surface area contributed by atoms with Crippen molar-refractivity contribution in [1.82, 2.24) is 0 Å². The van der Waals surface area contributed by atoms with Crippen molar-refractivity contribution in [2.24, 2.45) is 0 Å². The van der Waals surface area contributed by atoms with E-state index in [4.69, 9.17) is 25.8 Å². The van der Waals surface area contributed by atoms with Crippen molar-refractivity contribution < 1.29 is 23.8 Å². The normalized spacial score (nSPS) is 15.0. The fourth-order valence-corrected chi connectivity index (χ4v) is 3.03. The topological polar surface area (TPSA) is 65.1 Å². The van der Waals surface area contributed by atoms with Gasteiger partial charge in [-0.25, -0.2) is 0 Å². The smallest absolute Gasteiger partial charge is 0.299 e. The number of rotatable bonds is 3. The Morgan fingerprint density at radius 2 is 1.92 bits per heavy atom. The second-order valence-corrected chi connectivity index (χ2v) is 5.81. The third-order valence-electron chi connectivity index (χ3n) is 4.05. The number of carbonyl (C=O) groups excluding carboxylic acids is 2. The number of amides is 1. The number of Topliss-reactive ketones (excluding diaryl/α,β-unsaturated/α-hetero) is 1. The van der Waals surface area contributed by atoms with Crippen molar-refractivity contribution in [2.75, 3.05) is 18.8 Å². The molecule has 0 bridgehead atoms. The van der Waals surface area contributed by atoms with E-state index in [2.05, 4.69) is 0 Å². The van der Waals surface area contributed by atoms with Gasteiger partial charge in [0.25, 0.3) is 11.7 Å². The van der Waals surface area contributed by atoms with Crippen molar-refractivity contribution in [3.63, 3.8) is 0 Å². The van der Waals surface area contributed by atoms with Gasteiger partial charge in [-0.15, -0.1) is 0 Å². The van der Waals surface area contributed by atoms with Gasteiger partial charge in [-0.3, -0.25) is 9.59 Å². The molecule has 2 aromatic carbocycles. The molecule has 0 aromatic heterocycles. The molecular weight excluding hydrogens is 334 g/mol. The largest absolute Gasteiger partial charge is 0.497 e. The third-order valence-corrected chi connectivity index (χ3v) is 4.40. The van der Waals surface area contributed by atoms with E-state index < -0.39 is 11.7 Å². The monoisotopic (exact) mass is 345 g/mol. The van der Waals surface area contributed by atoms with Crippen LogP contribution in [0.1, 0.15) is 15.9 Å². The highest BCUT2D eigenvalue weighted by atomic mass is 35.5. The van der Waals surface area contributed by atoms with Crippen molar-refractivity contribution in [2.45, 2.75) is 6.54 Å². The maximum absolute atomic E-state index is 12.3. The molecule has 1 amide bonds. The molecule has 0 N–H and O–H groups in total. The molecule has 2 aliphatic rings. The lowest BCUT2D eigenvalue weighted by Crippen LogP contribution is -2.29. The van der Waals surface area contributed by atoms with Gasteiger partial charge in [0, 0.05) is 11.1 Å². The van der Waals surface area contributed by atoms with Gasteiger partial charge in [0.15, 0.2) is 11.5 Å². The van der Waals surface area contributed by atoms with Crippen LogP contribution in [-0.2, 0) is 11.3 Å². The first-order chi connectivity index (χ1) is 11.6. The first-order valence-electron chi connectivity index (χ1n) is 7.20. The van der Waals surface area contributed by atoms with Crippen LogP contribution >= 0.6 is 11.6 Å². The van der Waals surface area contributed by atoms with Crippen molar-refractivity contribution in [1.29, 1.82) is 0 Å². The summed E-state index contributed by atoms with van der Waals surface area (Å²) in [6.45, 7) is 0.304. The lowest BCUT2D eigenvalue weighted by Gasteiger charge is -2.18. The first kappa shape index (κ1) is 14.8. The molecule has 2 heterocycles. The van der Waals surface area contributed by atoms with Crippen LogP contribution in [0.2, 0.25) is 5.02 Å². The third kappa shape index (κ3) is 2.18. The average Bonchev–Trinajstić information content (AvgIpc) is 3.13. The summed E-state index contributed by atoms with van der Waals surface area (Å²) in [6, 6.07) is 8.34. The molecule has 0 unspecified atom stereocenters. The molecule has 0 saturated heterocycles. The first-order valence-corrected chi connectivity index (χ1v) is 7.58. The summed E-state index contributed by atoms with van der Waals surface area (Å²) in [5.74, 6) is 0.519. The molecule has 0 aliphatic carbocycles. The Kier molecular flexibility index (Phi) is 3.35. The van der Waals surface area contributed by atoms with Crippen LogP contribution in [0, 0.1) is 0 Å². The fraction of sp³-hybridized carbons (Fsp3) is 0.176. The Labute approximate surface area is 142 Å². The number of nitrogens with zero attached hydrogens (tertiary/aromatic N) is 1. The van der Waals surface area contributed by atoms with Crippen LogP contribution in [0.25, 0.3) is 0 Å². The van der Waals surface area contributed by atoms with Crippen molar-refractivity contribution in [3.8, 4) is 17.2 Å². The van der Waals surface area contributed by atoms with E-state index in [-0.39, 0.29) is 13.3 Å². The van der Waals surface area contributed by atoms with Gasteiger partial charge in [-0.2, -0.15) is 0 Å². The molecule has 4 rings (SSSR count). The second kappa shape index (κ2) is 5.42. The summed E-state index contributed by atoms with van der Waals surface area (Å²) in [4.78, 5) is 26.0. The summed E-state index contributed by atoms with van der Waals surface area (Å²) in [6.07, 6.45) is 0. The zero-order valence-corrected chi connectivity index (χ0v) is 13.4. The van der Waals surface area contributed by atoms with Gasteiger partial charge >= 0.3 is 0 Å². The maximum Gasteiger partial charge on any atom is 0.299 e. The summed E-state index contributed by atoms with van der Waals surface area (Å²) < 4.78 is 15.7. The van der Waals surface area contributed by atoms with Gasteiger partial charge < -0.3 is 19.1 Å². The van der Waals surface area contributed by atoms with Crippen molar-refractivity contribution in [3.05, 3.63) is 46.5 Å². The van der Waals surface area contributed by atoms with Crippen LogP contribution in [0.5, 0.6) is 17.2 Å². The Bertz CT molecular complexity index is 880. The minimum atomic E-state index is -0.591. The minimum Gasteiger partial charge on any atom is -0.497 e. The number of ketones is 1. The van der Waals surface area contributed by atoms with Gasteiger partial charge in [0.05, 0.1) is 24.9 Å². The van der Waals surface area contributed by atoms with Gasteiger partial charge in [0.2, 0.25) is 6.79 Å². The Balaban J connectivity index is 1.71. The highest BCUT2D eigenvalue weighted by Crippen LogP contribution is 2.39. The second-order valence-electron chi connectivity index (χ2n) is 5.40. The molecule has 0 saturated carbocycles. The maximum atomic E-state index is 12.3. The van der Waals surface area contributed by atoms with E-state index in [0.29, 0.717) is 39.1 Å². The molecule has 6 nitrogen and oxygen atoms in total. The van der Waals surface area contributed by atoms with E-state index in [9.17, 15) is 9.59 Å². The number of anilines is 1. The lowest BCUT2D eigenvalue weighted by molar-refractivity contribution is -0.114. The predicted molar refractivity (Wildman–Crippen MR) is 86.1 cm³/mol. The van der Waals surface area contributed by atoms with Crippen LogP contribution in [0.15, 0.2) is 30.3 Å². The van der Waals surface area contributed by atoms with E-state index in [1.54, 1.807) is 30.3 Å². The van der Waals surface area contributed by atoms with Gasteiger partial charge in [0.1, 0.15) is 5.75 Å². The number of methoxy groups -OCH3 is 1. The summed E-state index contributed by atoms with van der Waals surface area (Å²) in [5, 5.41) is 0.446. The molecule has 0 atom stereocenters. The molecular formula is C17H12ClNO5. The summed E-state index contributed by atoms with van der Waals surface area (Å²) >= 11 is 6.27. The standard InChI is InChI=1S/C17H12ClNO5/c1-22-10-2-3-13-11(5-10)16(20)17(21)19(13)7-9-4-14-15(6-12(9)18)24-8-23-14/h2-6H,7-8H2,1H3. The Hall–Kier alpha value is -2.73. The number of hydrogen-bond donors (Lipinski definition) is 0. The zero-order valence-electron chi connectivity index (χ0n) is 12.7. The highest BCUT2D eigenvalue weighted by molar-refractivity contribution is 6.52. The lowest BCUT2D eigenvalue weighted by atomic mass is 10.1. The fourth-order valence-electron chi connectivity index (χ4n) is 2.81. The van der Waals surface area contributed by atoms with E-state index >= 15 is 0 Å². The van der Waals surface area contributed by atoms with Gasteiger partial charge in [-0.1, -0.05) is 11.6 Å². The molecule has 7 heteroatoms. The summed E-state index contributed by atoms with van der Waals surface area (Å²) in [5.41, 5.74) is 1.54.